The summed E-state index contributed by atoms with van der Waals surface area (Å²) in [5.74, 6) is 0.827. The van der Waals surface area contributed by atoms with Crippen molar-refractivity contribution in [2.24, 2.45) is 0 Å². The molecule has 0 saturated heterocycles. The number of nitrogens with zero attached hydrogens (tertiary/aromatic N) is 2. The number of amides is 1. The van der Waals surface area contributed by atoms with Gasteiger partial charge in [-0.1, -0.05) is 17.7 Å². The van der Waals surface area contributed by atoms with Gasteiger partial charge in [0.05, 0.1) is 17.4 Å². The van der Waals surface area contributed by atoms with Gasteiger partial charge in [-0.05, 0) is 38.0 Å². The number of anilines is 1. The third kappa shape index (κ3) is 3.40. The van der Waals surface area contributed by atoms with E-state index in [0.29, 0.717) is 21.4 Å². The maximum atomic E-state index is 12.8. The summed E-state index contributed by atoms with van der Waals surface area (Å²) in [5.41, 5.74) is 3.80. The molecule has 0 fully saturated rings. The highest BCUT2D eigenvalue weighted by atomic mass is 32.1. The van der Waals surface area contributed by atoms with Gasteiger partial charge in [0.2, 0.25) is 5.88 Å². The lowest BCUT2D eigenvalue weighted by molar-refractivity contribution is 0.103. The Morgan fingerprint density at radius 2 is 1.96 bits per heavy atom. The Morgan fingerprint density at radius 3 is 2.62 bits per heavy atom. The van der Waals surface area contributed by atoms with Crippen LogP contribution >= 0.6 is 11.3 Å². The molecule has 0 bridgehead atoms. The molecule has 0 spiro atoms. The molecule has 7 heteroatoms. The van der Waals surface area contributed by atoms with E-state index >= 15 is 0 Å². The molecule has 0 radical (unpaired) electrons. The van der Waals surface area contributed by atoms with E-state index < -0.39 is 0 Å². The first-order valence-electron chi connectivity index (χ1n) is 8.16. The molecular formula is C19H21N3O3S. The van der Waals surface area contributed by atoms with Crippen molar-refractivity contribution in [3.63, 3.8) is 0 Å². The second-order valence-corrected chi connectivity index (χ2v) is 7.09. The molecule has 2 aromatic heterocycles. The van der Waals surface area contributed by atoms with Crippen molar-refractivity contribution >= 4 is 33.1 Å². The highest BCUT2D eigenvalue weighted by molar-refractivity contribution is 7.20. The van der Waals surface area contributed by atoms with Crippen LogP contribution < -0.4 is 10.1 Å². The van der Waals surface area contributed by atoms with E-state index in [2.05, 4.69) is 15.3 Å². The number of rotatable bonds is 5. The maximum Gasteiger partial charge on any atom is 0.266 e. The number of hydrogen-bond donors (Lipinski definition) is 1. The first kappa shape index (κ1) is 18.3. The number of fused-ring (bicyclic) bond motifs is 1. The van der Waals surface area contributed by atoms with Crippen LogP contribution in [0.15, 0.2) is 18.2 Å². The van der Waals surface area contributed by atoms with E-state index in [0.717, 1.165) is 27.8 Å². The zero-order chi connectivity index (χ0) is 18.8. The Balaban J connectivity index is 2.01. The average Bonchev–Trinajstić information content (AvgIpc) is 2.94. The SMILES string of the molecule is COCc1nc(OC)c2c(C)c(C(=O)Nc3ccc(C)cc3C)sc2n1. The number of ether oxygens (including phenoxy) is 2. The van der Waals surface area contributed by atoms with E-state index in [1.807, 2.05) is 39.0 Å². The summed E-state index contributed by atoms with van der Waals surface area (Å²) in [4.78, 5) is 23.0. The van der Waals surface area contributed by atoms with Gasteiger partial charge in [-0.15, -0.1) is 11.3 Å². The number of carbonyl (C=O) groups is 1. The lowest BCUT2D eigenvalue weighted by Crippen LogP contribution is -2.12. The van der Waals surface area contributed by atoms with Crippen molar-refractivity contribution in [3.8, 4) is 5.88 Å². The number of carbonyl (C=O) groups excluding carboxylic acids is 1. The number of nitrogens with one attached hydrogen (secondary N) is 1. The Morgan fingerprint density at radius 1 is 1.19 bits per heavy atom. The Kier molecular flexibility index (Phi) is 5.20. The van der Waals surface area contributed by atoms with Crippen molar-refractivity contribution in [1.29, 1.82) is 0 Å². The van der Waals surface area contributed by atoms with E-state index in [1.165, 1.54) is 11.3 Å². The zero-order valence-corrected chi connectivity index (χ0v) is 16.3. The molecule has 0 aliphatic heterocycles. The van der Waals surface area contributed by atoms with Crippen LogP contribution in [-0.2, 0) is 11.3 Å². The van der Waals surface area contributed by atoms with Gasteiger partial charge in [0.15, 0.2) is 5.82 Å². The van der Waals surface area contributed by atoms with Crippen LogP contribution in [-0.4, -0.2) is 30.1 Å². The molecule has 0 saturated carbocycles. The molecule has 136 valence electrons. The monoisotopic (exact) mass is 371 g/mol. The van der Waals surface area contributed by atoms with Gasteiger partial charge in [-0.2, -0.15) is 4.98 Å². The number of aryl methyl sites for hydroxylation is 3. The zero-order valence-electron chi connectivity index (χ0n) is 15.5. The van der Waals surface area contributed by atoms with Crippen LogP contribution in [0.4, 0.5) is 5.69 Å². The molecule has 0 aliphatic rings. The van der Waals surface area contributed by atoms with Crippen molar-refractivity contribution in [2.75, 3.05) is 19.5 Å². The molecule has 1 aromatic carbocycles. The van der Waals surface area contributed by atoms with Gasteiger partial charge >= 0.3 is 0 Å². The minimum absolute atomic E-state index is 0.159. The number of methoxy groups -OCH3 is 2. The summed E-state index contributed by atoms with van der Waals surface area (Å²) in [6.07, 6.45) is 0. The van der Waals surface area contributed by atoms with Crippen LogP contribution in [0.2, 0.25) is 0 Å². The van der Waals surface area contributed by atoms with Crippen LogP contribution in [0.1, 0.15) is 32.2 Å². The molecule has 1 amide bonds. The van der Waals surface area contributed by atoms with Gasteiger partial charge in [-0.3, -0.25) is 4.79 Å². The lowest BCUT2D eigenvalue weighted by atomic mass is 10.1. The van der Waals surface area contributed by atoms with Crippen LogP contribution in [0.3, 0.4) is 0 Å². The summed E-state index contributed by atoms with van der Waals surface area (Å²) in [7, 11) is 3.15. The number of hydrogen-bond acceptors (Lipinski definition) is 6. The van der Waals surface area contributed by atoms with Crippen LogP contribution in [0.5, 0.6) is 5.88 Å². The largest absolute Gasteiger partial charge is 0.480 e. The highest BCUT2D eigenvalue weighted by Gasteiger charge is 2.21. The first-order valence-corrected chi connectivity index (χ1v) is 8.97. The molecule has 3 aromatic rings. The topological polar surface area (TPSA) is 73.3 Å². The van der Waals surface area contributed by atoms with Gasteiger partial charge in [-0.25, -0.2) is 4.98 Å². The van der Waals surface area contributed by atoms with Gasteiger partial charge < -0.3 is 14.8 Å². The first-order chi connectivity index (χ1) is 12.4. The molecule has 0 aliphatic carbocycles. The van der Waals surface area contributed by atoms with Crippen molar-refractivity contribution in [3.05, 3.63) is 45.6 Å². The molecule has 1 N–H and O–H groups in total. The molecule has 6 nitrogen and oxygen atoms in total. The lowest BCUT2D eigenvalue weighted by Gasteiger charge is -2.08. The Hall–Kier alpha value is -2.51. The fraction of sp³-hybridized carbons (Fsp3) is 0.316. The van der Waals surface area contributed by atoms with E-state index in [9.17, 15) is 4.79 Å². The highest BCUT2D eigenvalue weighted by Crippen LogP contribution is 2.35. The number of thiophene rings is 1. The molecule has 2 heterocycles. The van der Waals surface area contributed by atoms with Gasteiger partial charge in [0.25, 0.3) is 5.91 Å². The quantitative estimate of drug-likeness (QED) is 0.733. The molecule has 3 rings (SSSR count). The van der Waals surface area contributed by atoms with Crippen LogP contribution in [0, 0.1) is 20.8 Å². The maximum absolute atomic E-state index is 12.8. The van der Waals surface area contributed by atoms with Crippen LogP contribution in [0.25, 0.3) is 10.2 Å². The standard InChI is InChI=1S/C19H21N3O3S/c1-10-6-7-13(11(2)8-10)20-17(23)16-12(3)15-18(25-5)21-14(9-24-4)22-19(15)26-16/h6-8H,9H2,1-5H3,(H,20,23). The summed E-state index contributed by atoms with van der Waals surface area (Å²) in [6.45, 7) is 6.17. The van der Waals surface area contributed by atoms with E-state index in [4.69, 9.17) is 9.47 Å². The minimum Gasteiger partial charge on any atom is -0.480 e. The Labute approximate surface area is 156 Å². The summed E-state index contributed by atoms with van der Waals surface area (Å²) < 4.78 is 10.5. The number of aromatic nitrogens is 2. The molecule has 0 unspecified atom stereocenters. The normalized spacial score (nSPS) is 11.0. The van der Waals surface area contributed by atoms with Crippen molar-refractivity contribution in [2.45, 2.75) is 27.4 Å². The second kappa shape index (κ2) is 7.39. The fourth-order valence-electron chi connectivity index (χ4n) is 2.84. The summed E-state index contributed by atoms with van der Waals surface area (Å²) >= 11 is 1.33. The molecule has 26 heavy (non-hydrogen) atoms. The second-order valence-electron chi connectivity index (χ2n) is 6.09. The number of benzene rings is 1. The van der Waals surface area contributed by atoms with Gasteiger partial charge in [0.1, 0.15) is 11.4 Å². The third-order valence-electron chi connectivity index (χ3n) is 4.11. The van der Waals surface area contributed by atoms with Crippen molar-refractivity contribution in [1.82, 2.24) is 9.97 Å². The predicted molar refractivity (Wildman–Crippen MR) is 103 cm³/mol. The minimum atomic E-state index is -0.159. The average molecular weight is 371 g/mol. The summed E-state index contributed by atoms with van der Waals surface area (Å²) in [5, 5.41) is 3.76. The van der Waals surface area contributed by atoms with Crippen molar-refractivity contribution < 1.29 is 14.3 Å². The molecular weight excluding hydrogens is 350 g/mol. The fourth-order valence-corrected chi connectivity index (χ4v) is 3.92. The molecule has 0 atom stereocenters. The van der Waals surface area contributed by atoms with E-state index in [-0.39, 0.29) is 12.5 Å². The predicted octanol–water partition coefficient (Wildman–Crippen LogP) is 4.02. The van der Waals surface area contributed by atoms with Gasteiger partial charge in [0, 0.05) is 12.8 Å². The Bertz CT molecular complexity index is 982. The summed E-state index contributed by atoms with van der Waals surface area (Å²) in [6, 6.07) is 5.94. The third-order valence-corrected chi connectivity index (χ3v) is 5.29. The van der Waals surface area contributed by atoms with E-state index in [1.54, 1.807) is 14.2 Å². The smallest absolute Gasteiger partial charge is 0.266 e.